The summed E-state index contributed by atoms with van der Waals surface area (Å²) in [7, 11) is 0. The number of nitro benzene ring substituents is 1. The van der Waals surface area contributed by atoms with Crippen LogP contribution in [0.3, 0.4) is 0 Å². The van der Waals surface area contributed by atoms with E-state index in [0.717, 1.165) is 38.2 Å². The maximum absolute atomic E-state index is 12.2. The molecule has 0 atom stereocenters. The molecule has 7 heteroatoms. The van der Waals surface area contributed by atoms with Gasteiger partial charge in [-0.3, -0.25) is 19.7 Å². The quantitative estimate of drug-likeness (QED) is 0.421. The van der Waals surface area contributed by atoms with E-state index in [2.05, 4.69) is 26.1 Å². The molecule has 148 valence electrons. The highest BCUT2D eigenvalue weighted by Crippen LogP contribution is 2.40. The molecule has 2 rings (SSSR count). The van der Waals surface area contributed by atoms with Gasteiger partial charge in [-0.05, 0) is 49.1 Å². The molecule has 0 heterocycles. The van der Waals surface area contributed by atoms with Gasteiger partial charge in [0.2, 0.25) is 0 Å². The molecule has 0 spiro atoms. The Morgan fingerprint density at radius 2 is 2.00 bits per heavy atom. The molecule has 1 aliphatic rings. The summed E-state index contributed by atoms with van der Waals surface area (Å²) in [6.45, 7) is 6.52. The zero-order valence-electron chi connectivity index (χ0n) is 16.2. The highest BCUT2D eigenvalue weighted by atomic mass is 16.6. The Morgan fingerprint density at radius 1 is 1.33 bits per heavy atom. The van der Waals surface area contributed by atoms with Crippen LogP contribution in [-0.4, -0.2) is 29.8 Å². The molecule has 1 saturated carbocycles. The van der Waals surface area contributed by atoms with Crippen molar-refractivity contribution in [3.8, 4) is 5.75 Å². The van der Waals surface area contributed by atoms with Crippen molar-refractivity contribution in [2.24, 2.45) is 11.3 Å². The first-order chi connectivity index (χ1) is 12.8. The zero-order valence-corrected chi connectivity index (χ0v) is 16.2. The van der Waals surface area contributed by atoms with E-state index in [-0.39, 0.29) is 35.6 Å². The largest absolute Gasteiger partial charge is 0.477 e. The maximum atomic E-state index is 12.2. The summed E-state index contributed by atoms with van der Waals surface area (Å²) in [4.78, 5) is 33.4. The molecule has 0 bridgehead atoms. The van der Waals surface area contributed by atoms with Crippen molar-refractivity contribution in [1.29, 1.82) is 0 Å². The second-order valence-electron chi connectivity index (χ2n) is 7.85. The number of nitrogens with zero attached hydrogens (tertiary/aromatic N) is 1. The molecule has 1 N–H and O–H groups in total. The van der Waals surface area contributed by atoms with Crippen LogP contribution in [0.15, 0.2) is 18.2 Å². The molecular formula is C20H28N2O5. The number of carbonyl (C=O) groups excluding carboxylic acids is 2. The lowest BCUT2D eigenvalue weighted by Crippen LogP contribution is -2.41. The van der Waals surface area contributed by atoms with Gasteiger partial charge < -0.3 is 10.1 Å². The Labute approximate surface area is 159 Å². The molecule has 1 amide bonds. The standard InChI is InChI=1S/C20H28N2O5/c1-4-20(2,3)15-6-8-16(9-7-15)21-19(24)13-27-18-10-5-14(12-23)11-17(18)22(25)26/h5,10-12,15-16H,4,6-9,13H2,1-3H3,(H,21,24). The summed E-state index contributed by atoms with van der Waals surface area (Å²) in [5.41, 5.74) is 0.185. The first-order valence-corrected chi connectivity index (χ1v) is 9.42. The van der Waals surface area contributed by atoms with Gasteiger partial charge in [-0.15, -0.1) is 0 Å². The smallest absolute Gasteiger partial charge is 0.311 e. The Morgan fingerprint density at radius 3 is 2.56 bits per heavy atom. The van der Waals surface area contributed by atoms with Crippen LogP contribution in [-0.2, 0) is 4.79 Å². The Bertz CT molecular complexity index is 694. The summed E-state index contributed by atoms with van der Waals surface area (Å²) >= 11 is 0. The van der Waals surface area contributed by atoms with Gasteiger partial charge >= 0.3 is 5.69 Å². The number of nitrogens with one attached hydrogen (secondary N) is 1. The number of hydrogen-bond acceptors (Lipinski definition) is 5. The lowest BCUT2D eigenvalue weighted by molar-refractivity contribution is -0.385. The fourth-order valence-electron chi connectivity index (χ4n) is 3.59. The summed E-state index contributed by atoms with van der Waals surface area (Å²) in [6, 6.07) is 4.02. The van der Waals surface area contributed by atoms with Gasteiger partial charge in [0.15, 0.2) is 12.4 Å². The van der Waals surface area contributed by atoms with Crippen molar-refractivity contribution in [2.75, 3.05) is 6.61 Å². The van der Waals surface area contributed by atoms with E-state index in [1.165, 1.54) is 12.1 Å². The molecule has 1 aromatic carbocycles. The minimum Gasteiger partial charge on any atom is -0.477 e. The van der Waals surface area contributed by atoms with Gasteiger partial charge in [0, 0.05) is 17.7 Å². The van der Waals surface area contributed by atoms with Crippen LogP contribution in [0.1, 0.15) is 63.2 Å². The maximum Gasteiger partial charge on any atom is 0.311 e. The fourth-order valence-corrected chi connectivity index (χ4v) is 3.59. The van der Waals surface area contributed by atoms with Gasteiger partial charge in [0.1, 0.15) is 6.29 Å². The second kappa shape index (κ2) is 8.97. The van der Waals surface area contributed by atoms with Crippen LogP contribution >= 0.6 is 0 Å². The number of ether oxygens (including phenoxy) is 1. The van der Waals surface area contributed by atoms with E-state index in [9.17, 15) is 19.7 Å². The van der Waals surface area contributed by atoms with Gasteiger partial charge in [0.05, 0.1) is 4.92 Å². The van der Waals surface area contributed by atoms with E-state index in [1.807, 2.05) is 0 Å². The average molecular weight is 376 g/mol. The lowest BCUT2D eigenvalue weighted by Gasteiger charge is -2.39. The number of hydrogen-bond donors (Lipinski definition) is 1. The highest BCUT2D eigenvalue weighted by molar-refractivity contribution is 5.79. The zero-order chi connectivity index (χ0) is 20.0. The number of carbonyl (C=O) groups is 2. The molecule has 1 aromatic rings. The van der Waals surface area contributed by atoms with Crippen LogP contribution in [0.25, 0.3) is 0 Å². The van der Waals surface area contributed by atoms with Crippen molar-refractivity contribution in [2.45, 2.75) is 58.9 Å². The average Bonchev–Trinajstić information content (AvgIpc) is 2.66. The van der Waals surface area contributed by atoms with Gasteiger partial charge in [-0.1, -0.05) is 27.2 Å². The Balaban J connectivity index is 1.86. The molecule has 0 aromatic heterocycles. The monoisotopic (exact) mass is 376 g/mol. The number of amides is 1. The predicted octanol–water partition coefficient (Wildman–Crippen LogP) is 3.90. The lowest BCUT2D eigenvalue weighted by atomic mass is 9.69. The van der Waals surface area contributed by atoms with Crippen molar-refractivity contribution < 1.29 is 19.2 Å². The minimum absolute atomic E-state index is 0.0193. The van der Waals surface area contributed by atoms with Crippen LogP contribution in [0.4, 0.5) is 5.69 Å². The number of aldehydes is 1. The first kappa shape index (κ1) is 20.9. The highest BCUT2D eigenvalue weighted by Gasteiger charge is 2.32. The molecule has 0 aliphatic heterocycles. The summed E-state index contributed by atoms with van der Waals surface area (Å²) in [5, 5.41) is 14.1. The summed E-state index contributed by atoms with van der Waals surface area (Å²) < 4.78 is 5.32. The van der Waals surface area contributed by atoms with Crippen LogP contribution in [0.2, 0.25) is 0 Å². The third-order valence-corrected chi connectivity index (χ3v) is 5.78. The van der Waals surface area contributed by atoms with Gasteiger partial charge in [-0.2, -0.15) is 0 Å². The van der Waals surface area contributed by atoms with E-state index < -0.39 is 4.92 Å². The Kier molecular flexibility index (Phi) is 6.93. The van der Waals surface area contributed by atoms with Gasteiger partial charge in [-0.25, -0.2) is 0 Å². The summed E-state index contributed by atoms with van der Waals surface area (Å²) in [6.07, 6.45) is 5.72. The molecule has 27 heavy (non-hydrogen) atoms. The van der Waals surface area contributed by atoms with Gasteiger partial charge in [0.25, 0.3) is 5.91 Å². The third-order valence-electron chi connectivity index (χ3n) is 5.78. The molecule has 0 saturated heterocycles. The number of benzene rings is 1. The van der Waals surface area contributed by atoms with E-state index in [4.69, 9.17) is 4.74 Å². The second-order valence-corrected chi connectivity index (χ2v) is 7.85. The molecule has 7 nitrogen and oxygen atoms in total. The van der Waals surface area contributed by atoms with Crippen molar-refractivity contribution in [3.05, 3.63) is 33.9 Å². The fraction of sp³-hybridized carbons (Fsp3) is 0.600. The summed E-state index contributed by atoms with van der Waals surface area (Å²) in [5.74, 6) is 0.363. The predicted molar refractivity (Wildman–Crippen MR) is 102 cm³/mol. The van der Waals surface area contributed by atoms with Crippen LogP contribution < -0.4 is 10.1 Å². The molecule has 0 radical (unpaired) electrons. The van der Waals surface area contributed by atoms with Crippen molar-refractivity contribution in [3.63, 3.8) is 0 Å². The minimum atomic E-state index is -0.628. The van der Waals surface area contributed by atoms with Crippen LogP contribution in [0, 0.1) is 21.4 Å². The van der Waals surface area contributed by atoms with Crippen molar-refractivity contribution in [1.82, 2.24) is 5.32 Å². The van der Waals surface area contributed by atoms with E-state index >= 15 is 0 Å². The van der Waals surface area contributed by atoms with E-state index in [1.54, 1.807) is 0 Å². The third kappa shape index (κ3) is 5.52. The molecular weight excluding hydrogens is 348 g/mol. The topological polar surface area (TPSA) is 98.5 Å². The van der Waals surface area contributed by atoms with Crippen LogP contribution in [0.5, 0.6) is 5.75 Å². The Hall–Kier alpha value is -2.44. The molecule has 1 fully saturated rings. The number of rotatable bonds is 8. The SMILES string of the molecule is CCC(C)(C)C1CCC(NC(=O)COc2ccc(C=O)cc2[N+](=O)[O-])CC1. The normalized spacial score (nSPS) is 20.0. The first-order valence-electron chi connectivity index (χ1n) is 9.42. The van der Waals surface area contributed by atoms with E-state index in [0.29, 0.717) is 17.6 Å². The number of nitro groups is 1. The molecule has 0 unspecified atom stereocenters. The molecule has 1 aliphatic carbocycles. The van der Waals surface area contributed by atoms with Crippen molar-refractivity contribution >= 4 is 17.9 Å².